The summed E-state index contributed by atoms with van der Waals surface area (Å²) >= 11 is 0. The summed E-state index contributed by atoms with van der Waals surface area (Å²) in [6.07, 6.45) is -7.94. The Balaban J connectivity index is 2.24. The van der Waals surface area contributed by atoms with Crippen LogP contribution in [-0.4, -0.2) is 145 Å². The van der Waals surface area contributed by atoms with Crippen LogP contribution in [0.4, 0.5) is 0 Å². The second-order valence-electron chi connectivity index (χ2n) is 9.65. The van der Waals surface area contributed by atoms with Crippen LogP contribution >= 0.6 is 0 Å². The smallest absolute Gasteiger partial charge is 0.249 e. The number of ether oxygens (including phenoxy) is 3. The van der Waals surface area contributed by atoms with Gasteiger partial charge in [-0.05, 0) is 12.8 Å². The van der Waals surface area contributed by atoms with Crippen molar-refractivity contribution in [3.8, 4) is 0 Å². The third-order valence-corrected chi connectivity index (χ3v) is 8.09. The molecule has 1 N–H and O–H groups in total. The Morgan fingerprint density at radius 3 is 1.87 bits per heavy atom. The van der Waals surface area contributed by atoms with Gasteiger partial charge >= 0.3 is 0 Å². The van der Waals surface area contributed by atoms with Crippen LogP contribution in [0.1, 0.15) is 32.1 Å². The van der Waals surface area contributed by atoms with Gasteiger partial charge in [0.2, 0.25) is 53.4 Å². The highest BCUT2D eigenvalue weighted by Crippen LogP contribution is 2.31. The molecular formula is C19H30N2O21S4-4. The number of amides is 2. The summed E-state index contributed by atoms with van der Waals surface area (Å²) < 4.78 is 166. The number of hydrogen-bond acceptors (Lipinski definition) is 21. The predicted molar refractivity (Wildman–Crippen MR) is 137 cm³/mol. The maximum atomic E-state index is 12.9. The molecule has 46 heavy (non-hydrogen) atoms. The van der Waals surface area contributed by atoms with E-state index in [1.807, 2.05) is 0 Å². The first-order valence-electron chi connectivity index (χ1n) is 12.9. The quantitative estimate of drug-likeness (QED) is 0.102. The summed E-state index contributed by atoms with van der Waals surface area (Å²) in [4.78, 5) is 26.2. The minimum Gasteiger partial charge on any atom is -0.726 e. The molecule has 0 bridgehead atoms. The predicted octanol–water partition coefficient (Wildman–Crippen LogP) is -4.34. The maximum absolute atomic E-state index is 12.9. The van der Waals surface area contributed by atoms with Gasteiger partial charge in [-0.1, -0.05) is 19.3 Å². The highest BCUT2D eigenvalue weighted by molar-refractivity contribution is 7.81. The van der Waals surface area contributed by atoms with Gasteiger partial charge in [-0.2, -0.15) is 0 Å². The van der Waals surface area contributed by atoms with E-state index in [2.05, 4.69) is 22.0 Å². The minimum absolute atomic E-state index is 0.184. The molecule has 0 aromatic carbocycles. The molecule has 0 radical (unpaired) electrons. The summed E-state index contributed by atoms with van der Waals surface area (Å²) in [5, 5.41) is 2.70. The Kier molecular flexibility index (Phi) is 15.1. The molecule has 2 amide bonds. The Morgan fingerprint density at radius 2 is 1.35 bits per heavy atom. The van der Waals surface area contributed by atoms with Crippen molar-refractivity contribution in [1.29, 1.82) is 0 Å². The van der Waals surface area contributed by atoms with Gasteiger partial charge in [0.05, 0.1) is 19.8 Å². The molecule has 2 rings (SSSR count). The van der Waals surface area contributed by atoms with Crippen LogP contribution < -0.4 is 5.32 Å². The molecule has 1 saturated carbocycles. The number of nitrogens with one attached hydrogen (secondary N) is 1. The number of nitrogens with zero attached hydrogens (tertiary/aromatic N) is 1. The van der Waals surface area contributed by atoms with Gasteiger partial charge in [0.15, 0.2) is 12.4 Å². The van der Waals surface area contributed by atoms with Crippen LogP contribution in [0.3, 0.4) is 0 Å². The first-order valence-corrected chi connectivity index (χ1v) is 18.3. The van der Waals surface area contributed by atoms with Crippen molar-refractivity contribution >= 4 is 53.4 Å². The number of hydrogen-bond donors (Lipinski definition) is 1. The lowest BCUT2D eigenvalue weighted by molar-refractivity contribution is -0.282. The maximum Gasteiger partial charge on any atom is 0.249 e. The molecule has 1 heterocycles. The standard InChI is InChI=1S/C19H34N2O21S4/c1-36-19-18(42-46(33,34)35)17(41-45(30,31)32)16(40-44(27,28)29)13(39-19)10-37-11-15(23)21(7-8-38-43(24,25)26)9-14(22)20-12-5-3-2-4-6-12/h12-13,16-19H,2-11H2,1H3,(H,20,22)(H,24,25,26)(H,27,28,29)(H,30,31,32)(H,33,34,35)/p-4. The number of carbonyl (C=O) groups excluding carboxylic acids is 2. The van der Waals surface area contributed by atoms with E-state index in [-0.39, 0.29) is 6.04 Å². The van der Waals surface area contributed by atoms with Crippen LogP contribution in [0.5, 0.6) is 0 Å². The molecule has 0 aromatic heterocycles. The molecule has 5 atom stereocenters. The van der Waals surface area contributed by atoms with Crippen LogP contribution in [0.2, 0.25) is 0 Å². The number of rotatable bonds is 18. The van der Waals surface area contributed by atoms with Crippen molar-refractivity contribution in [2.45, 2.75) is 68.9 Å². The van der Waals surface area contributed by atoms with Gasteiger partial charge in [-0.25, -0.2) is 33.7 Å². The zero-order valence-corrected chi connectivity index (χ0v) is 27.0. The average molecular weight is 751 g/mol. The molecule has 1 aliphatic carbocycles. The van der Waals surface area contributed by atoms with Crippen LogP contribution in [0, 0.1) is 0 Å². The molecule has 0 aromatic rings. The summed E-state index contributed by atoms with van der Waals surface area (Å²) in [5.41, 5.74) is 0. The topological polar surface area (TPSA) is 343 Å². The molecule has 5 unspecified atom stereocenters. The Morgan fingerprint density at radius 1 is 0.804 bits per heavy atom. The highest BCUT2D eigenvalue weighted by atomic mass is 32.3. The number of methoxy groups -OCH3 is 1. The highest BCUT2D eigenvalue weighted by Gasteiger charge is 2.52. The fourth-order valence-electron chi connectivity index (χ4n) is 4.53. The average Bonchev–Trinajstić information content (AvgIpc) is 2.88. The van der Waals surface area contributed by atoms with Crippen LogP contribution in [0.15, 0.2) is 0 Å². The molecular weight excluding hydrogens is 720 g/mol. The lowest BCUT2D eigenvalue weighted by Crippen LogP contribution is -2.62. The lowest BCUT2D eigenvalue weighted by atomic mass is 9.95. The van der Waals surface area contributed by atoms with E-state index >= 15 is 0 Å². The fraction of sp³-hybridized carbons (Fsp3) is 0.895. The van der Waals surface area contributed by atoms with Crippen molar-refractivity contribution in [3.05, 3.63) is 0 Å². The van der Waals surface area contributed by atoms with Crippen LogP contribution in [0.25, 0.3) is 0 Å². The molecule has 27 heteroatoms. The number of carbonyl (C=O) groups is 2. The summed E-state index contributed by atoms with van der Waals surface area (Å²) in [5.74, 6) is -1.71. The summed E-state index contributed by atoms with van der Waals surface area (Å²) in [6.45, 7) is -4.19. The van der Waals surface area contributed by atoms with Gasteiger partial charge in [0.1, 0.15) is 24.9 Å². The van der Waals surface area contributed by atoms with E-state index in [0.717, 1.165) is 31.3 Å². The SMILES string of the molecule is COC1OC(COCC(=O)N(CCOS(=O)(=O)[O-])CC(=O)NC2CCCCC2)C(OS(=O)(=O)[O-])C(OS(=O)(=O)[O-])C1OS(=O)(=O)[O-]. The Bertz CT molecular complexity index is 1460. The van der Waals surface area contributed by atoms with Crippen molar-refractivity contribution < 1.29 is 92.4 Å². The lowest BCUT2D eigenvalue weighted by Gasteiger charge is -2.44. The van der Waals surface area contributed by atoms with Crippen molar-refractivity contribution in [2.24, 2.45) is 0 Å². The van der Waals surface area contributed by atoms with Crippen molar-refractivity contribution in [2.75, 3.05) is 40.0 Å². The third-order valence-electron chi connectivity index (χ3n) is 6.26. The van der Waals surface area contributed by atoms with Gasteiger partial charge in [0.25, 0.3) is 0 Å². The van der Waals surface area contributed by atoms with E-state index in [1.54, 1.807) is 0 Å². The van der Waals surface area contributed by atoms with E-state index in [1.165, 1.54) is 0 Å². The van der Waals surface area contributed by atoms with Gasteiger partial charge in [-0.3, -0.25) is 26.3 Å². The molecule has 23 nitrogen and oxygen atoms in total. The van der Waals surface area contributed by atoms with Gasteiger partial charge in [-0.15, -0.1) is 0 Å². The fourth-order valence-corrected chi connectivity index (χ4v) is 6.28. The largest absolute Gasteiger partial charge is 0.726 e. The molecule has 2 aliphatic rings. The Labute approximate surface area is 264 Å². The molecule has 0 spiro atoms. The van der Waals surface area contributed by atoms with Gasteiger partial charge in [0, 0.05) is 19.7 Å². The van der Waals surface area contributed by atoms with Crippen molar-refractivity contribution in [1.82, 2.24) is 10.2 Å². The minimum atomic E-state index is -5.87. The van der Waals surface area contributed by atoms with Crippen LogP contribution in [-0.2, 0) is 82.1 Å². The van der Waals surface area contributed by atoms with E-state index in [9.17, 15) is 61.5 Å². The van der Waals surface area contributed by atoms with E-state index < -0.39 is 117 Å². The zero-order chi connectivity index (χ0) is 34.9. The first kappa shape index (κ1) is 40.5. The third kappa shape index (κ3) is 15.5. The monoisotopic (exact) mass is 750 g/mol. The summed E-state index contributed by atoms with van der Waals surface area (Å²) in [6, 6.07) is -0.184. The first-order chi connectivity index (χ1) is 21.1. The molecule has 1 aliphatic heterocycles. The normalized spacial score (nSPS) is 25.2. The van der Waals surface area contributed by atoms with Gasteiger partial charge < -0.3 is 42.6 Å². The van der Waals surface area contributed by atoms with E-state index in [0.29, 0.717) is 12.8 Å². The molecule has 1 saturated heterocycles. The second-order valence-corrected chi connectivity index (χ2v) is 13.7. The molecule has 2 fully saturated rings. The van der Waals surface area contributed by atoms with E-state index in [4.69, 9.17) is 14.2 Å². The second kappa shape index (κ2) is 17.1. The zero-order valence-electron chi connectivity index (χ0n) is 23.7. The Hall–Kier alpha value is -1.70. The molecule has 270 valence electrons. The van der Waals surface area contributed by atoms with Crippen molar-refractivity contribution in [3.63, 3.8) is 0 Å². The summed E-state index contributed by atoms with van der Waals surface area (Å²) in [7, 11) is -21.8.